The molecule has 130 valence electrons. The summed E-state index contributed by atoms with van der Waals surface area (Å²) in [6, 6.07) is -0.197. The van der Waals surface area contributed by atoms with E-state index in [0.29, 0.717) is 12.3 Å². The molecular formula is C18H30N2O3. The minimum atomic E-state index is -0.197. The fourth-order valence-corrected chi connectivity index (χ4v) is 4.14. The zero-order valence-electron chi connectivity index (χ0n) is 14.2. The van der Waals surface area contributed by atoms with E-state index >= 15 is 0 Å². The van der Waals surface area contributed by atoms with Crippen LogP contribution in [0.2, 0.25) is 0 Å². The summed E-state index contributed by atoms with van der Waals surface area (Å²) in [7, 11) is 0. The molecule has 0 saturated carbocycles. The molecule has 0 unspecified atom stereocenters. The average molecular weight is 322 g/mol. The molecule has 2 atom stereocenters. The van der Waals surface area contributed by atoms with Crippen LogP contribution < -0.4 is 0 Å². The lowest BCUT2D eigenvalue weighted by atomic mass is 9.95. The molecule has 0 aromatic heterocycles. The SMILES string of the molecule is O=C([C@H]1CCCCN1C(=O)CC[C@@H]1CCCOC1)N1CCCC1. The lowest BCUT2D eigenvalue weighted by Gasteiger charge is -2.37. The van der Waals surface area contributed by atoms with Crippen LogP contribution in [-0.4, -0.2) is 60.5 Å². The van der Waals surface area contributed by atoms with Crippen LogP contribution in [-0.2, 0) is 14.3 Å². The highest BCUT2D eigenvalue weighted by Crippen LogP contribution is 2.24. The molecule has 0 aromatic rings. The van der Waals surface area contributed by atoms with Crippen LogP contribution in [0, 0.1) is 5.92 Å². The molecule has 0 aliphatic carbocycles. The highest BCUT2D eigenvalue weighted by molar-refractivity contribution is 5.88. The summed E-state index contributed by atoms with van der Waals surface area (Å²) in [5.74, 6) is 0.884. The van der Waals surface area contributed by atoms with Gasteiger partial charge in [-0.1, -0.05) is 0 Å². The van der Waals surface area contributed by atoms with Gasteiger partial charge in [-0.05, 0) is 57.3 Å². The van der Waals surface area contributed by atoms with Crippen molar-refractivity contribution in [2.45, 2.75) is 63.8 Å². The minimum absolute atomic E-state index is 0.174. The van der Waals surface area contributed by atoms with Gasteiger partial charge in [0.2, 0.25) is 11.8 Å². The van der Waals surface area contributed by atoms with E-state index in [9.17, 15) is 9.59 Å². The molecule has 3 heterocycles. The van der Waals surface area contributed by atoms with E-state index in [1.807, 2.05) is 9.80 Å². The molecule has 5 heteroatoms. The summed E-state index contributed by atoms with van der Waals surface area (Å²) in [6.45, 7) is 4.16. The summed E-state index contributed by atoms with van der Waals surface area (Å²) >= 11 is 0. The molecule has 3 aliphatic rings. The fraction of sp³-hybridized carbons (Fsp3) is 0.889. The third kappa shape index (κ3) is 4.25. The van der Waals surface area contributed by atoms with E-state index in [2.05, 4.69) is 0 Å². The van der Waals surface area contributed by atoms with Gasteiger partial charge in [0.15, 0.2) is 0 Å². The molecule has 0 spiro atoms. The van der Waals surface area contributed by atoms with Crippen LogP contribution in [0.1, 0.15) is 57.8 Å². The van der Waals surface area contributed by atoms with Gasteiger partial charge in [-0.2, -0.15) is 0 Å². The third-order valence-electron chi connectivity index (χ3n) is 5.55. The Labute approximate surface area is 139 Å². The van der Waals surface area contributed by atoms with Crippen LogP contribution in [0.3, 0.4) is 0 Å². The first-order valence-corrected chi connectivity index (χ1v) is 9.41. The van der Waals surface area contributed by atoms with Crippen molar-refractivity contribution in [2.24, 2.45) is 5.92 Å². The number of ether oxygens (including phenoxy) is 1. The van der Waals surface area contributed by atoms with Gasteiger partial charge < -0.3 is 14.5 Å². The molecule has 3 rings (SSSR count). The summed E-state index contributed by atoms with van der Waals surface area (Å²) in [4.78, 5) is 29.3. The second-order valence-electron chi connectivity index (χ2n) is 7.25. The molecule has 5 nitrogen and oxygen atoms in total. The Morgan fingerprint density at radius 3 is 2.48 bits per heavy atom. The molecular weight excluding hydrogens is 292 g/mol. The maximum Gasteiger partial charge on any atom is 0.245 e. The van der Waals surface area contributed by atoms with Crippen molar-refractivity contribution in [3.05, 3.63) is 0 Å². The highest BCUT2D eigenvalue weighted by Gasteiger charge is 2.35. The summed E-state index contributed by atoms with van der Waals surface area (Å²) < 4.78 is 5.50. The Balaban J connectivity index is 1.54. The molecule has 3 fully saturated rings. The molecule has 2 amide bonds. The van der Waals surface area contributed by atoms with Gasteiger partial charge in [-0.15, -0.1) is 0 Å². The number of rotatable bonds is 4. The maximum absolute atomic E-state index is 12.7. The lowest BCUT2D eigenvalue weighted by Crippen LogP contribution is -2.52. The van der Waals surface area contributed by atoms with Gasteiger partial charge in [0, 0.05) is 39.3 Å². The van der Waals surface area contributed by atoms with E-state index in [4.69, 9.17) is 4.74 Å². The summed E-state index contributed by atoms with van der Waals surface area (Å²) in [5.41, 5.74) is 0. The first-order valence-electron chi connectivity index (χ1n) is 9.41. The van der Waals surface area contributed by atoms with Crippen molar-refractivity contribution in [3.63, 3.8) is 0 Å². The predicted octanol–water partition coefficient (Wildman–Crippen LogP) is 2.20. The largest absolute Gasteiger partial charge is 0.381 e. The van der Waals surface area contributed by atoms with Gasteiger partial charge in [0.05, 0.1) is 0 Å². The van der Waals surface area contributed by atoms with Crippen molar-refractivity contribution < 1.29 is 14.3 Å². The Kier molecular flexibility index (Phi) is 5.92. The van der Waals surface area contributed by atoms with Crippen molar-refractivity contribution in [3.8, 4) is 0 Å². The number of nitrogens with zero attached hydrogens (tertiary/aromatic N) is 2. The van der Waals surface area contributed by atoms with Crippen molar-refractivity contribution in [2.75, 3.05) is 32.8 Å². The Bertz CT molecular complexity index is 414. The topological polar surface area (TPSA) is 49.9 Å². The van der Waals surface area contributed by atoms with Crippen molar-refractivity contribution in [1.29, 1.82) is 0 Å². The van der Waals surface area contributed by atoms with Gasteiger partial charge in [-0.3, -0.25) is 9.59 Å². The van der Waals surface area contributed by atoms with Gasteiger partial charge in [0.1, 0.15) is 6.04 Å². The first kappa shape index (κ1) is 16.7. The van der Waals surface area contributed by atoms with Crippen LogP contribution >= 0.6 is 0 Å². The van der Waals surface area contributed by atoms with E-state index in [1.165, 1.54) is 6.42 Å². The Morgan fingerprint density at radius 2 is 1.74 bits per heavy atom. The number of likely N-dealkylation sites (tertiary alicyclic amines) is 2. The van der Waals surface area contributed by atoms with E-state index < -0.39 is 0 Å². The predicted molar refractivity (Wildman–Crippen MR) is 87.9 cm³/mol. The minimum Gasteiger partial charge on any atom is -0.381 e. The summed E-state index contributed by atoms with van der Waals surface area (Å²) in [5, 5.41) is 0. The number of hydrogen-bond donors (Lipinski definition) is 0. The molecule has 3 aliphatic heterocycles. The Hall–Kier alpha value is -1.10. The zero-order chi connectivity index (χ0) is 16.1. The summed E-state index contributed by atoms with van der Waals surface area (Å²) in [6.07, 6.45) is 8.89. The molecule has 23 heavy (non-hydrogen) atoms. The molecule has 3 saturated heterocycles. The van der Waals surface area contributed by atoms with E-state index in [1.54, 1.807) is 0 Å². The highest BCUT2D eigenvalue weighted by atomic mass is 16.5. The number of carbonyl (C=O) groups is 2. The van der Waals surface area contributed by atoms with Gasteiger partial charge in [-0.25, -0.2) is 0 Å². The normalized spacial score (nSPS) is 28.9. The zero-order valence-corrected chi connectivity index (χ0v) is 14.2. The number of hydrogen-bond acceptors (Lipinski definition) is 3. The van der Waals surface area contributed by atoms with Gasteiger partial charge >= 0.3 is 0 Å². The van der Waals surface area contributed by atoms with E-state index in [0.717, 1.165) is 77.8 Å². The van der Waals surface area contributed by atoms with Crippen molar-refractivity contribution in [1.82, 2.24) is 9.80 Å². The first-order chi connectivity index (χ1) is 11.3. The smallest absolute Gasteiger partial charge is 0.245 e. The van der Waals surface area contributed by atoms with Gasteiger partial charge in [0.25, 0.3) is 0 Å². The quantitative estimate of drug-likeness (QED) is 0.797. The fourth-order valence-electron chi connectivity index (χ4n) is 4.14. The van der Waals surface area contributed by atoms with Crippen LogP contribution in [0.15, 0.2) is 0 Å². The second kappa shape index (κ2) is 8.13. The monoisotopic (exact) mass is 322 g/mol. The Morgan fingerprint density at radius 1 is 0.957 bits per heavy atom. The number of amides is 2. The standard InChI is InChI=1S/C18H30N2O3/c21-17(9-8-15-6-5-13-23-14-15)20-12-2-1-7-16(20)18(22)19-10-3-4-11-19/h15-16H,1-14H2/t15-,16+/m0/s1. The third-order valence-corrected chi connectivity index (χ3v) is 5.55. The molecule has 0 radical (unpaired) electrons. The molecule has 0 N–H and O–H groups in total. The van der Waals surface area contributed by atoms with Crippen LogP contribution in [0.5, 0.6) is 0 Å². The second-order valence-corrected chi connectivity index (χ2v) is 7.25. The number of piperidine rings is 1. The average Bonchev–Trinajstić information content (AvgIpc) is 3.14. The van der Waals surface area contributed by atoms with Crippen LogP contribution in [0.25, 0.3) is 0 Å². The maximum atomic E-state index is 12.7. The number of carbonyl (C=O) groups excluding carboxylic acids is 2. The van der Waals surface area contributed by atoms with E-state index in [-0.39, 0.29) is 17.9 Å². The van der Waals surface area contributed by atoms with Crippen molar-refractivity contribution >= 4 is 11.8 Å². The molecule has 0 bridgehead atoms. The lowest BCUT2D eigenvalue weighted by molar-refractivity contribution is -0.147. The molecule has 0 aromatic carbocycles. The van der Waals surface area contributed by atoms with Crippen LogP contribution in [0.4, 0.5) is 0 Å².